The SMILES string of the molecule is Cc1noc(C)c1C1CCCN1C(=O)CN1CCCN(C)CC1. The maximum Gasteiger partial charge on any atom is 0.237 e. The lowest BCUT2D eigenvalue weighted by atomic mass is 10.0. The maximum absolute atomic E-state index is 12.9. The van der Waals surface area contributed by atoms with E-state index < -0.39 is 0 Å². The van der Waals surface area contributed by atoms with Gasteiger partial charge in [0.05, 0.1) is 18.3 Å². The highest BCUT2D eigenvalue weighted by Crippen LogP contribution is 2.35. The zero-order valence-corrected chi connectivity index (χ0v) is 14.5. The molecule has 0 bridgehead atoms. The number of aryl methyl sites for hydroxylation is 2. The number of likely N-dealkylation sites (N-methyl/N-ethyl adjacent to an activating group) is 1. The summed E-state index contributed by atoms with van der Waals surface area (Å²) in [6.45, 7) is 9.45. The second-order valence-electron chi connectivity index (χ2n) is 6.92. The summed E-state index contributed by atoms with van der Waals surface area (Å²) in [4.78, 5) is 19.5. The molecule has 1 atom stereocenters. The first-order valence-corrected chi connectivity index (χ1v) is 8.69. The molecule has 23 heavy (non-hydrogen) atoms. The molecule has 0 spiro atoms. The van der Waals surface area contributed by atoms with Gasteiger partial charge in [-0.25, -0.2) is 0 Å². The summed E-state index contributed by atoms with van der Waals surface area (Å²) in [6.07, 6.45) is 3.21. The number of hydrogen-bond acceptors (Lipinski definition) is 5. The third kappa shape index (κ3) is 3.58. The van der Waals surface area contributed by atoms with Crippen molar-refractivity contribution in [3.8, 4) is 0 Å². The van der Waals surface area contributed by atoms with Crippen molar-refractivity contribution in [3.63, 3.8) is 0 Å². The number of carbonyl (C=O) groups excluding carboxylic acids is 1. The van der Waals surface area contributed by atoms with Crippen molar-refractivity contribution < 1.29 is 9.32 Å². The number of carbonyl (C=O) groups is 1. The molecular formula is C17H28N4O2. The van der Waals surface area contributed by atoms with Crippen LogP contribution in [0.3, 0.4) is 0 Å². The highest BCUT2D eigenvalue weighted by atomic mass is 16.5. The molecule has 6 heteroatoms. The topological polar surface area (TPSA) is 52.8 Å². The van der Waals surface area contributed by atoms with Crippen molar-refractivity contribution in [1.82, 2.24) is 19.9 Å². The minimum Gasteiger partial charge on any atom is -0.361 e. The molecule has 2 saturated heterocycles. The smallest absolute Gasteiger partial charge is 0.237 e. The van der Waals surface area contributed by atoms with Crippen LogP contribution in [0.2, 0.25) is 0 Å². The lowest BCUT2D eigenvalue weighted by Crippen LogP contribution is -2.41. The molecule has 0 saturated carbocycles. The van der Waals surface area contributed by atoms with Crippen molar-refractivity contribution in [2.75, 3.05) is 46.3 Å². The highest BCUT2D eigenvalue weighted by molar-refractivity contribution is 5.79. The Morgan fingerprint density at radius 2 is 2.00 bits per heavy atom. The van der Waals surface area contributed by atoms with E-state index >= 15 is 0 Å². The van der Waals surface area contributed by atoms with E-state index in [9.17, 15) is 4.79 Å². The molecule has 0 aromatic carbocycles. The first-order valence-electron chi connectivity index (χ1n) is 8.69. The molecule has 0 N–H and O–H groups in total. The van der Waals surface area contributed by atoms with Gasteiger partial charge in [-0.2, -0.15) is 0 Å². The summed E-state index contributed by atoms with van der Waals surface area (Å²) in [7, 11) is 2.15. The van der Waals surface area contributed by atoms with Gasteiger partial charge < -0.3 is 14.3 Å². The molecule has 1 amide bonds. The van der Waals surface area contributed by atoms with Crippen LogP contribution < -0.4 is 0 Å². The standard InChI is InChI=1S/C17H28N4O2/c1-13-17(14(2)23-18-13)15-6-4-9-21(15)16(22)12-20-8-5-7-19(3)10-11-20/h15H,4-12H2,1-3H3. The summed E-state index contributed by atoms with van der Waals surface area (Å²) in [5.74, 6) is 1.10. The predicted octanol–water partition coefficient (Wildman–Crippen LogP) is 1.59. The summed E-state index contributed by atoms with van der Waals surface area (Å²) in [5.41, 5.74) is 2.04. The number of rotatable bonds is 3. The van der Waals surface area contributed by atoms with Crippen LogP contribution in [0.4, 0.5) is 0 Å². The van der Waals surface area contributed by atoms with Crippen LogP contribution >= 0.6 is 0 Å². The van der Waals surface area contributed by atoms with Crippen LogP contribution in [0.15, 0.2) is 4.52 Å². The van der Waals surface area contributed by atoms with E-state index in [1.54, 1.807) is 0 Å². The average molecular weight is 320 g/mol. The normalized spacial score (nSPS) is 24.1. The molecule has 3 rings (SSSR count). The molecule has 128 valence electrons. The van der Waals surface area contributed by atoms with Gasteiger partial charge in [0.2, 0.25) is 5.91 Å². The molecule has 2 fully saturated rings. The number of nitrogens with zero attached hydrogens (tertiary/aromatic N) is 4. The second kappa shape index (κ2) is 7.01. The van der Waals surface area contributed by atoms with Crippen LogP contribution in [-0.2, 0) is 4.79 Å². The quantitative estimate of drug-likeness (QED) is 0.846. The monoisotopic (exact) mass is 320 g/mol. The highest BCUT2D eigenvalue weighted by Gasteiger charge is 2.34. The summed E-state index contributed by atoms with van der Waals surface area (Å²) in [5, 5.41) is 4.06. The van der Waals surface area contributed by atoms with Crippen LogP contribution in [0, 0.1) is 13.8 Å². The molecular weight excluding hydrogens is 292 g/mol. The lowest BCUT2D eigenvalue weighted by molar-refractivity contribution is -0.133. The minimum atomic E-state index is 0.142. The molecule has 2 aliphatic heterocycles. The van der Waals surface area contributed by atoms with Crippen LogP contribution in [0.25, 0.3) is 0 Å². The molecule has 0 radical (unpaired) electrons. The Hall–Kier alpha value is -1.40. The van der Waals surface area contributed by atoms with Crippen LogP contribution in [-0.4, -0.2) is 72.1 Å². The van der Waals surface area contributed by atoms with E-state index in [0.717, 1.165) is 69.0 Å². The Morgan fingerprint density at radius 3 is 2.74 bits per heavy atom. The first-order chi connectivity index (χ1) is 11.1. The Balaban J connectivity index is 1.66. The van der Waals surface area contributed by atoms with Gasteiger partial charge in [0.1, 0.15) is 5.76 Å². The zero-order chi connectivity index (χ0) is 16.4. The van der Waals surface area contributed by atoms with E-state index in [-0.39, 0.29) is 11.9 Å². The van der Waals surface area contributed by atoms with Gasteiger partial charge in [-0.3, -0.25) is 9.69 Å². The number of aromatic nitrogens is 1. The summed E-state index contributed by atoms with van der Waals surface area (Å²) < 4.78 is 5.31. The van der Waals surface area contributed by atoms with Crippen molar-refractivity contribution >= 4 is 5.91 Å². The number of amides is 1. The molecule has 1 aromatic heterocycles. The van der Waals surface area contributed by atoms with Gasteiger partial charge in [0.25, 0.3) is 0 Å². The van der Waals surface area contributed by atoms with Crippen LogP contribution in [0.5, 0.6) is 0 Å². The number of hydrogen-bond donors (Lipinski definition) is 0. The van der Waals surface area contributed by atoms with Gasteiger partial charge in [-0.15, -0.1) is 0 Å². The fourth-order valence-corrected chi connectivity index (χ4v) is 3.87. The Bertz CT molecular complexity index is 537. The molecule has 3 heterocycles. The van der Waals surface area contributed by atoms with Crippen LogP contribution in [0.1, 0.15) is 42.3 Å². The van der Waals surface area contributed by atoms with Crippen molar-refractivity contribution in [1.29, 1.82) is 0 Å². The minimum absolute atomic E-state index is 0.142. The Labute approximate surface area is 138 Å². The Kier molecular flexibility index (Phi) is 5.02. The van der Waals surface area contributed by atoms with E-state index in [1.807, 2.05) is 18.7 Å². The second-order valence-corrected chi connectivity index (χ2v) is 6.92. The van der Waals surface area contributed by atoms with E-state index in [1.165, 1.54) is 0 Å². The summed E-state index contributed by atoms with van der Waals surface area (Å²) >= 11 is 0. The van der Waals surface area contributed by atoms with Gasteiger partial charge in [0.15, 0.2) is 0 Å². The predicted molar refractivity (Wildman–Crippen MR) is 88.2 cm³/mol. The molecule has 1 unspecified atom stereocenters. The largest absolute Gasteiger partial charge is 0.361 e. The fraction of sp³-hybridized carbons (Fsp3) is 0.765. The van der Waals surface area contributed by atoms with E-state index in [2.05, 4.69) is 22.0 Å². The van der Waals surface area contributed by atoms with Gasteiger partial charge in [-0.1, -0.05) is 5.16 Å². The Morgan fingerprint density at radius 1 is 1.17 bits per heavy atom. The van der Waals surface area contributed by atoms with E-state index in [0.29, 0.717) is 6.54 Å². The lowest BCUT2D eigenvalue weighted by Gasteiger charge is -2.28. The van der Waals surface area contributed by atoms with Crippen molar-refractivity contribution in [2.24, 2.45) is 0 Å². The van der Waals surface area contributed by atoms with Gasteiger partial charge in [0, 0.05) is 25.2 Å². The molecule has 6 nitrogen and oxygen atoms in total. The van der Waals surface area contributed by atoms with Gasteiger partial charge in [-0.05, 0) is 53.2 Å². The van der Waals surface area contributed by atoms with Gasteiger partial charge >= 0.3 is 0 Å². The third-order valence-corrected chi connectivity index (χ3v) is 5.17. The molecule has 1 aromatic rings. The first kappa shape index (κ1) is 16.5. The summed E-state index contributed by atoms with van der Waals surface area (Å²) in [6, 6.07) is 0.142. The molecule has 2 aliphatic rings. The van der Waals surface area contributed by atoms with E-state index in [4.69, 9.17) is 4.52 Å². The average Bonchev–Trinajstić information content (AvgIpc) is 3.05. The number of likely N-dealkylation sites (tertiary alicyclic amines) is 1. The maximum atomic E-state index is 12.9. The fourth-order valence-electron chi connectivity index (χ4n) is 3.87. The molecule has 0 aliphatic carbocycles. The van der Waals surface area contributed by atoms with Crippen molar-refractivity contribution in [2.45, 2.75) is 39.2 Å². The van der Waals surface area contributed by atoms with Crippen molar-refractivity contribution in [3.05, 3.63) is 17.0 Å². The third-order valence-electron chi connectivity index (χ3n) is 5.17. The zero-order valence-electron chi connectivity index (χ0n) is 14.5.